The maximum atomic E-state index is 11.8. The van der Waals surface area contributed by atoms with E-state index < -0.39 is 11.4 Å². The normalized spacial score (nSPS) is 17.9. The standard InChI is InChI=1S/2C9H21O2PS2.Zn/c2*1-7(2)6-9(5)11-12(10,13)14-8(3)4;/h2*7-9H,6H2,1-5H3,(H,10,13);/q;;+2/p-2. The molecule has 0 N–H and O–H groups in total. The second-order valence-electron chi connectivity index (χ2n) is 8.29. The van der Waals surface area contributed by atoms with Gasteiger partial charge < -0.3 is 18.8 Å². The van der Waals surface area contributed by atoms with E-state index in [-0.39, 0.29) is 42.2 Å². The molecule has 0 heterocycles. The first-order chi connectivity index (χ1) is 12.5. The topological polar surface area (TPSA) is 64.6 Å². The van der Waals surface area contributed by atoms with Crippen LogP contribution in [0.15, 0.2) is 0 Å². The van der Waals surface area contributed by atoms with Crippen molar-refractivity contribution in [3.05, 3.63) is 0 Å². The zero-order valence-corrected chi connectivity index (χ0v) is 27.8. The Hall–Kier alpha value is 2.46. The molecular weight excluding hydrogens is 536 g/mol. The Bertz CT molecular complexity index is 464. The van der Waals surface area contributed by atoms with E-state index in [1.54, 1.807) is 0 Å². The largest absolute Gasteiger partial charge is 2.00 e. The van der Waals surface area contributed by atoms with Gasteiger partial charge in [-0.15, -0.1) is 22.8 Å². The summed E-state index contributed by atoms with van der Waals surface area (Å²) in [6.45, 7) is 20.2. The molecule has 4 atom stereocenters. The molecule has 0 saturated carbocycles. The average molecular weight is 576 g/mol. The fraction of sp³-hybridized carbons (Fsp3) is 1.00. The second kappa shape index (κ2) is 17.9. The van der Waals surface area contributed by atoms with Crippen LogP contribution in [0.4, 0.5) is 0 Å². The van der Waals surface area contributed by atoms with E-state index in [0.29, 0.717) is 11.8 Å². The summed E-state index contributed by atoms with van der Waals surface area (Å²) >= 11 is 12.4. The number of hydrogen-bond acceptors (Lipinski definition) is 8. The van der Waals surface area contributed by atoms with E-state index in [1.165, 1.54) is 22.8 Å². The molecule has 0 radical (unpaired) electrons. The summed E-state index contributed by atoms with van der Waals surface area (Å²) in [6, 6.07) is 0. The first-order valence-electron chi connectivity index (χ1n) is 9.81. The van der Waals surface area contributed by atoms with Crippen LogP contribution in [0.1, 0.15) is 82.1 Å². The average Bonchev–Trinajstić information content (AvgIpc) is 2.30. The zero-order valence-electron chi connectivity index (χ0n) is 19.7. The van der Waals surface area contributed by atoms with Crippen molar-refractivity contribution in [1.29, 1.82) is 0 Å². The van der Waals surface area contributed by atoms with E-state index in [4.69, 9.17) is 32.7 Å². The van der Waals surface area contributed by atoms with Crippen molar-refractivity contribution < 1.29 is 38.3 Å². The van der Waals surface area contributed by atoms with Crippen molar-refractivity contribution in [2.75, 3.05) is 0 Å². The van der Waals surface area contributed by atoms with Gasteiger partial charge in [0.05, 0.1) is 12.2 Å². The third-order valence-electron chi connectivity index (χ3n) is 2.90. The first kappa shape index (κ1) is 36.0. The van der Waals surface area contributed by atoms with E-state index in [0.717, 1.165) is 12.8 Å². The summed E-state index contributed by atoms with van der Waals surface area (Å²) in [5.41, 5.74) is -5.72. The summed E-state index contributed by atoms with van der Waals surface area (Å²) in [5.74, 6) is 1.09. The molecule has 0 aromatic rings. The van der Waals surface area contributed by atoms with E-state index in [2.05, 4.69) is 27.7 Å². The van der Waals surface area contributed by atoms with Crippen LogP contribution in [0.3, 0.4) is 0 Å². The first-order valence-corrected chi connectivity index (χ1v) is 18.1. The van der Waals surface area contributed by atoms with Crippen LogP contribution < -0.4 is 9.79 Å². The van der Waals surface area contributed by atoms with Crippen LogP contribution in [0.5, 0.6) is 0 Å². The van der Waals surface area contributed by atoms with Crippen LogP contribution in [0.2, 0.25) is 0 Å². The molecule has 0 bridgehead atoms. The van der Waals surface area contributed by atoms with Gasteiger partial charge in [-0.2, -0.15) is 0 Å². The summed E-state index contributed by atoms with van der Waals surface area (Å²) in [7, 11) is 0. The Labute approximate surface area is 211 Å². The number of hydrogen-bond donors (Lipinski definition) is 0. The molecule has 4 unspecified atom stereocenters. The predicted octanol–water partition coefficient (Wildman–Crippen LogP) is 6.33. The quantitative estimate of drug-likeness (QED) is 0.198. The minimum atomic E-state index is -2.86. The van der Waals surface area contributed by atoms with Gasteiger partial charge in [-0.3, -0.25) is 0 Å². The SMILES string of the molecule is CC(C)CC(C)OP([O-])(=S)SC(C)C.CC(C)CC(C)OP([O-])(=S)SC(C)C.[Zn+2]. The van der Waals surface area contributed by atoms with Crippen molar-refractivity contribution in [3.8, 4) is 0 Å². The van der Waals surface area contributed by atoms with E-state index in [9.17, 15) is 9.79 Å². The smallest absolute Gasteiger partial charge is 0.793 e. The van der Waals surface area contributed by atoms with Crippen LogP contribution in [-0.2, 0) is 52.1 Å². The zero-order chi connectivity index (χ0) is 22.7. The molecule has 0 aromatic heterocycles. The maximum absolute atomic E-state index is 11.8. The Kier molecular flexibility index (Phi) is 22.2. The Morgan fingerprint density at radius 2 is 0.897 bits per heavy atom. The van der Waals surface area contributed by atoms with Crippen molar-refractivity contribution in [2.45, 2.75) is 105 Å². The van der Waals surface area contributed by atoms with Crippen LogP contribution >= 0.6 is 34.2 Å². The fourth-order valence-electron chi connectivity index (χ4n) is 2.42. The molecule has 0 aromatic carbocycles. The van der Waals surface area contributed by atoms with Gasteiger partial charge in [0.2, 0.25) is 0 Å². The summed E-state index contributed by atoms with van der Waals surface area (Å²) in [5, 5.41) is 0.508. The van der Waals surface area contributed by atoms with Crippen molar-refractivity contribution in [3.63, 3.8) is 0 Å². The molecule has 0 rings (SSSR count). The molecule has 4 nitrogen and oxygen atoms in total. The maximum Gasteiger partial charge on any atom is 2.00 e. The van der Waals surface area contributed by atoms with E-state index >= 15 is 0 Å². The summed E-state index contributed by atoms with van der Waals surface area (Å²) in [4.78, 5) is 23.5. The third kappa shape index (κ3) is 26.6. The molecule has 11 heteroatoms. The van der Waals surface area contributed by atoms with Gasteiger partial charge in [0, 0.05) is 21.9 Å². The Morgan fingerprint density at radius 1 is 0.655 bits per heavy atom. The van der Waals surface area contributed by atoms with Crippen LogP contribution in [0.25, 0.3) is 0 Å². The molecule has 0 fully saturated rings. The van der Waals surface area contributed by atoms with Gasteiger partial charge in [-0.1, -0.05) is 79.0 Å². The van der Waals surface area contributed by atoms with E-state index in [1.807, 2.05) is 41.5 Å². The minimum Gasteiger partial charge on any atom is -0.793 e. The Morgan fingerprint density at radius 3 is 1.07 bits per heavy atom. The Balaban J connectivity index is -0.000000451. The molecular formula is C18H40O4P2S4Zn. The van der Waals surface area contributed by atoms with Gasteiger partial charge in [0.15, 0.2) is 0 Å². The van der Waals surface area contributed by atoms with Crippen molar-refractivity contribution in [2.24, 2.45) is 11.8 Å². The summed E-state index contributed by atoms with van der Waals surface area (Å²) < 4.78 is 10.8. The molecule has 29 heavy (non-hydrogen) atoms. The molecule has 0 aliphatic carbocycles. The molecule has 0 aliphatic heterocycles. The summed E-state index contributed by atoms with van der Waals surface area (Å²) in [6.07, 6.45) is 1.78. The molecule has 0 spiro atoms. The molecule has 0 amide bonds. The van der Waals surface area contributed by atoms with Gasteiger partial charge in [0.1, 0.15) is 0 Å². The van der Waals surface area contributed by atoms with Crippen LogP contribution in [0, 0.1) is 11.8 Å². The van der Waals surface area contributed by atoms with Crippen molar-refractivity contribution in [1.82, 2.24) is 0 Å². The molecule has 172 valence electrons. The second-order valence-corrected chi connectivity index (χ2v) is 21.2. The van der Waals surface area contributed by atoms with Gasteiger partial charge in [0.25, 0.3) is 0 Å². The van der Waals surface area contributed by atoms with Crippen molar-refractivity contribution >= 4 is 57.8 Å². The molecule has 0 aliphatic rings. The monoisotopic (exact) mass is 574 g/mol. The fourth-order valence-corrected chi connectivity index (χ4v) is 12.9. The minimum absolute atomic E-state index is 0. The van der Waals surface area contributed by atoms with Gasteiger partial charge >= 0.3 is 19.5 Å². The number of rotatable bonds is 12. The molecule has 0 saturated heterocycles. The van der Waals surface area contributed by atoms with Gasteiger partial charge in [-0.05, 0) is 38.5 Å². The predicted molar refractivity (Wildman–Crippen MR) is 134 cm³/mol. The third-order valence-corrected chi connectivity index (χ3v) is 12.2. The van der Waals surface area contributed by atoms with Crippen LogP contribution in [-0.4, -0.2) is 22.7 Å². The van der Waals surface area contributed by atoms with Gasteiger partial charge in [-0.25, -0.2) is 0 Å².